The lowest BCUT2D eigenvalue weighted by Crippen LogP contribution is -2.35. The molecule has 0 aromatic heterocycles. The second kappa shape index (κ2) is 7.07. The normalized spacial score (nSPS) is 16.4. The largest absolute Gasteiger partial charge is 0.496 e. The first-order valence-electron chi connectivity index (χ1n) is 6.57. The summed E-state index contributed by atoms with van der Waals surface area (Å²) < 4.78 is 10.7. The minimum Gasteiger partial charge on any atom is -0.496 e. The number of benzene rings is 1. The molecule has 1 heterocycles. The monoisotopic (exact) mass is 277 g/mol. The van der Waals surface area contributed by atoms with E-state index in [1.54, 1.807) is 13.2 Å². The summed E-state index contributed by atoms with van der Waals surface area (Å²) in [6, 6.07) is 5.69. The van der Waals surface area contributed by atoms with Crippen LogP contribution in [0.15, 0.2) is 24.3 Å². The van der Waals surface area contributed by atoms with Crippen molar-refractivity contribution >= 4 is 12.0 Å². The van der Waals surface area contributed by atoms with Gasteiger partial charge < -0.3 is 14.6 Å². The molecule has 1 saturated heterocycles. The fraction of sp³-hybridized carbons (Fsp3) is 0.400. The number of hydrogen-bond donors (Lipinski definition) is 1. The SMILES string of the molecule is COc1ccc(/C=C/C(=O)O)cc1CN1CCOCC1. The van der Waals surface area contributed by atoms with Crippen molar-refractivity contribution in [3.63, 3.8) is 0 Å². The molecule has 108 valence electrons. The summed E-state index contributed by atoms with van der Waals surface area (Å²) in [5.74, 6) is -0.125. The number of methoxy groups -OCH3 is 1. The van der Waals surface area contributed by atoms with Crippen molar-refractivity contribution in [2.75, 3.05) is 33.4 Å². The van der Waals surface area contributed by atoms with E-state index in [1.807, 2.05) is 18.2 Å². The van der Waals surface area contributed by atoms with E-state index in [2.05, 4.69) is 4.90 Å². The summed E-state index contributed by atoms with van der Waals surface area (Å²) >= 11 is 0. The van der Waals surface area contributed by atoms with Gasteiger partial charge in [0.05, 0.1) is 20.3 Å². The molecule has 1 fully saturated rings. The number of carboxylic acid groups (broad SMARTS) is 1. The molecule has 0 bridgehead atoms. The van der Waals surface area contributed by atoms with Crippen molar-refractivity contribution < 1.29 is 19.4 Å². The lowest BCUT2D eigenvalue weighted by Gasteiger charge is -2.27. The Morgan fingerprint density at radius 2 is 2.20 bits per heavy atom. The molecule has 1 aliphatic rings. The molecule has 5 heteroatoms. The predicted molar refractivity (Wildman–Crippen MR) is 75.8 cm³/mol. The molecule has 1 aromatic rings. The lowest BCUT2D eigenvalue weighted by atomic mass is 10.1. The molecule has 0 aliphatic carbocycles. The highest BCUT2D eigenvalue weighted by atomic mass is 16.5. The first-order valence-corrected chi connectivity index (χ1v) is 6.57. The minimum absolute atomic E-state index is 0.751. The highest BCUT2D eigenvalue weighted by Crippen LogP contribution is 2.22. The van der Waals surface area contributed by atoms with Gasteiger partial charge in [-0.1, -0.05) is 6.07 Å². The van der Waals surface area contributed by atoms with Crippen molar-refractivity contribution in [2.24, 2.45) is 0 Å². The smallest absolute Gasteiger partial charge is 0.328 e. The summed E-state index contributed by atoms with van der Waals surface area (Å²) in [4.78, 5) is 12.9. The van der Waals surface area contributed by atoms with Crippen LogP contribution >= 0.6 is 0 Å². The Labute approximate surface area is 118 Å². The molecule has 0 radical (unpaired) electrons. The third-order valence-corrected chi connectivity index (χ3v) is 3.22. The van der Waals surface area contributed by atoms with Gasteiger partial charge in [0.1, 0.15) is 5.75 Å². The van der Waals surface area contributed by atoms with Gasteiger partial charge in [-0.2, -0.15) is 0 Å². The molecule has 5 nitrogen and oxygen atoms in total. The molecule has 0 unspecified atom stereocenters. The van der Waals surface area contributed by atoms with Crippen LogP contribution in [0.2, 0.25) is 0 Å². The molecule has 20 heavy (non-hydrogen) atoms. The minimum atomic E-state index is -0.949. The van der Waals surface area contributed by atoms with Crippen LogP contribution in [-0.4, -0.2) is 49.4 Å². The molecule has 1 N–H and O–H groups in total. The van der Waals surface area contributed by atoms with Crippen molar-refractivity contribution in [3.8, 4) is 5.75 Å². The fourth-order valence-corrected chi connectivity index (χ4v) is 2.19. The van der Waals surface area contributed by atoms with E-state index in [4.69, 9.17) is 14.6 Å². The average molecular weight is 277 g/mol. The van der Waals surface area contributed by atoms with E-state index < -0.39 is 5.97 Å². The Kier molecular flexibility index (Phi) is 5.15. The lowest BCUT2D eigenvalue weighted by molar-refractivity contribution is -0.131. The average Bonchev–Trinajstić information content (AvgIpc) is 2.46. The van der Waals surface area contributed by atoms with Crippen LogP contribution in [0.4, 0.5) is 0 Å². The quantitative estimate of drug-likeness (QED) is 0.829. The van der Waals surface area contributed by atoms with E-state index in [1.165, 1.54) is 0 Å². The van der Waals surface area contributed by atoms with E-state index in [0.29, 0.717) is 0 Å². The summed E-state index contributed by atoms with van der Waals surface area (Å²) in [6.45, 7) is 4.08. The molecule has 0 spiro atoms. The zero-order chi connectivity index (χ0) is 14.4. The third kappa shape index (κ3) is 4.08. The van der Waals surface area contributed by atoms with Crippen molar-refractivity contribution in [1.29, 1.82) is 0 Å². The first-order chi connectivity index (χ1) is 9.69. The van der Waals surface area contributed by atoms with Crippen molar-refractivity contribution in [1.82, 2.24) is 4.90 Å². The Hall–Kier alpha value is -1.85. The number of hydrogen-bond acceptors (Lipinski definition) is 4. The van der Waals surface area contributed by atoms with Gasteiger partial charge in [0.25, 0.3) is 0 Å². The predicted octanol–water partition coefficient (Wildman–Crippen LogP) is 1.63. The molecule has 1 aromatic carbocycles. The summed E-state index contributed by atoms with van der Waals surface area (Å²) in [7, 11) is 1.64. The summed E-state index contributed by atoms with van der Waals surface area (Å²) in [5.41, 5.74) is 1.92. The molecule has 0 saturated carbocycles. The van der Waals surface area contributed by atoms with Gasteiger partial charge >= 0.3 is 5.97 Å². The molecular weight excluding hydrogens is 258 g/mol. The van der Waals surface area contributed by atoms with Gasteiger partial charge in [-0.15, -0.1) is 0 Å². The van der Waals surface area contributed by atoms with Crippen LogP contribution in [0.5, 0.6) is 5.75 Å². The standard InChI is InChI=1S/C15H19NO4/c1-19-14-4-2-12(3-5-15(17)18)10-13(14)11-16-6-8-20-9-7-16/h2-5,10H,6-9,11H2,1H3,(H,17,18)/b5-3+. The van der Waals surface area contributed by atoms with E-state index >= 15 is 0 Å². The summed E-state index contributed by atoms with van der Waals surface area (Å²) in [5, 5.41) is 8.67. The van der Waals surface area contributed by atoms with E-state index in [0.717, 1.165) is 55.8 Å². The van der Waals surface area contributed by atoms with E-state index in [9.17, 15) is 4.79 Å². The molecule has 0 amide bonds. The number of carbonyl (C=O) groups is 1. The topological polar surface area (TPSA) is 59.0 Å². The van der Waals surface area contributed by atoms with Gasteiger partial charge in [0, 0.05) is 31.3 Å². The fourth-order valence-electron chi connectivity index (χ4n) is 2.19. The molecule has 2 rings (SSSR count). The van der Waals surface area contributed by atoms with Crippen LogP contribution in [0.25, 0.3) is 6.08 Å². The Bertz CT molecular complexity index is 493. The van der Waals surface area contributed by atoms with Crippen LogP contribution in [0.3, 0.4) is 0 Å². The zero-order valence-corrected chi connectivity index (χ0v) is 11.5. The van der Waals surface area contributed by atoms with Crippen LogP contribution in [0, 0.1) is 0 Å². The maximum absolute atomic E-state index is 10.6. The second-order valence-electron chi connectivity index (χ2n) is 4.63. The Morgan fingerprint density at radius 1 is 1.45 bits per heavy atom. The van der Waals surface area contributed by atoms with Crippen LogP contribution in [-0.2, 0) is 16.1 Å². The van der Waals surface area contributed by atoms with Crippen LogP contribution in [0.1, 0.15) is 11.1 Å². The van der Waals surface area contributed by atoms with Crippen molar-refractivity contribution in [2.45, 2.75) is 6.54 Å². The van der Waals surface area contributed by atoms with Gasteiger partial charge in [0.2, 0.25) is 0 Å². The summed E-state index contributed by atoms with van der Waals surface area (Å²) in [6.07, 6.45) is 2.73. The number of carboxylic acids is 1. The molecule has 0 atom stereocenters. The van der Waals surface area contributed by atoms with Crippen molar-refractivity contribution in [3.05, 3.63) is 35.4 Å². The highest BCUT2D eigenvalue weighted by molar-refractivity contribution is 5.85. The number of morpholine rings is 1. The number of rotatable bonds is 5. The number of ether oxygens (including phenoxy) is 2. The van der Waals surface area contributed by atoms with Gasteiger partial charge in [-0.05, 0) is 23.8 Å². The molecule has 1 aliphatic heterocycles. The first kappa shape index (κ1) is 14.6. The Morgan fingerprint density at radius 3 is 2.85 bits per heavy atom. The maximum Gasteiger partial charge on any atom is 0.328 e. The Balaban J connectivity index is 2.15. The van der Waals surface area contributed by atoms with Crippen LogP contribution < -0.4 is 4.74 Å². The highest BCUT2D eigenvalue weighted by Gasteiger charge is 2.13. The maximum atomic E-state index is 10.6. The van der Waals surface area contributed by atoms with Gasteiger partial charge in [0.15, 0.2) is 0 Å². The zero-order valence-electron chi connectivity index (χ0n) is 11.5. The number of nitrogens with zero attached hydrogens (tertiary/aromatic N) is 1. The number of aliphatic carboxylic acids is 1. The van der Waals surface area contributed by atoms with Gasteiger partial charge in [-0.3, -0.25) is 4.90 Å². The third-order valence-electron chi connectivity index (χ3n) is 3.22. The second-order valence-corrected chi connectivity index (χ2v) is 4.63. The van der Waals surface area contributed by atoms with Gasteiger partial charge in [-0.25, -0.2) is 4.79 Å². The molecular formula is C15H19NO4. The van der Waals surface area contributed by atoms with E-state index in [-0.39, 0.29) is 0 Å².